The van der Waals surface area contributed by atoms with Crippen LogP contribution in [0.3, 0.4) is 0 Å². The van der Waals surface area contributed by atoms with Crippen molar-refractivity contribution in [1.82, 2.24) is 4.90 Å². The van der Waals surface area contributed by atoms with Crippen LogP contribution in [0.25, 0.3) is 0 Å². The first kappa shape index (κ1) is 14.0. The molecule has 0 spiro atoms. The summed E-state index contributed by atoms with van der Waals surface area (Å²) in [6, 6.07) is 7.69. The van der Waals surface area contributed by atoms with Gasteiger partial charge in [-0.15, -0.1) is 0 Å². The maximum atomic E-state index is 12.5. The average Bonchev–Trinajstić information content (AvgIpc) is 3.19. The van der Waals surface area contributed by atoms with Crippen LogP contribution < -0.4 is 5.73 Å². The topological polar surface area (TPSA) is 46.3 Å². The number of carbonyl (C=O) groups is 1. The maximum Gasteiger partial charge on any atom is 0.254 e. The molecular weight excluding hydrogens is 256 g/mol. The van der Waals surface area contributed by atoms with E-state index in [4.69, 9.17) is 18.0 Å². The second-order valence-electron chi connectivity index (χ2n) is 5.52. The van der Waals surface area contributed by atoms with Crippen LogP contribution in [0.4, 0.5) is 0 Å². The molecular formula is C15H20N2OS. The summed E-state index contributed by atoms with van der Waals surface area (Å²) in [5.41, 5.74) is 7.07. The number of amides is 1. The quantitative estimate of drug-likeness (QED) is 0.841. The Balaban J connectivity index is 2.14. The van der Waals surface area contributed by atoms with Crippen molar-refractivity contribution in [2.24, 2.45) is 11.7 Å². The second kappa shape index (κ2) is 5.70. The van der Waals surface area contributed by atoms with Gasteiger partial charge in [0.2, 0.25) is 0 Å². The van der Waals surface area contributed by atoms with Crippen LogP contribution in [0.2, 0.25) is 0 Å². The molecule has 0 aromatic heterocycles. The van der Waals surface area contributed by atoms with Gasteiger partial charge in [-0.2, -0.15) is 0 Å². The Labute approximate surface area is 119 Å². The Morgan fingerprint density at radius 3 is 2.26 bits per heavy atom. The lowest BCUT2D eigenvalue weighted by Gasteiger charge is -2.24. The molecule has 4 heteroatoms. The molecule has 0 heterocycles. The van der Waals surface area contributed by atoms with Gasteiger partial charge in [-0.05, 0) is 30.9 Å². The zero-order chi connectivity index (χ0) is 14.0. The lowest BCUT2D eigenvalue weighted by molar-refractivity contribution is 0.0722. The molecule has 1 aliphatic carbocycles. The molecule has 2 N–H and O–H groups in total. The van der Waals surface area contributed by atoms with E-state index in [-0.39, 0.29) is 5.91 Å². The minimum absolute atomic E-state index is 0.116. The van der Waals surface area contributed by atoms with E-state index in [0.29, 0.717) is 22.5 Å². The highest BCUT2D eigenvalue weighted by Gasteiger charge is 2.33. The van der Waals surface area contributed by atoms with E-state index in [1.54, 1.807) is 0 Å². The Morgan fingerprint density at radius 2 is 1.84 bits per heavy atom. The van der Waals surface area contributed by atoms with E-state index >= 15 is 0 Å². The van der Waals surface area contributed by atoms with Crippen LogP contribution in [0.15, 0.2) is 24.3 Å². The first-order valence-electron chi connectivity index (χ1n) is 6.70. The molecule has 19 heavy (non-hydrogen) atoms. The summed E-state index contributed by atoms with van der Waals surface area (Å²) in [4.78, 5) is 14.9. The number of rotatable bonds is 5. The Kier molecular flexibility index (Phi) is 4.20. The SMILES string of the molecule is CC(C)CN(C(=O)c1ccc(C(N)=S)cc1)C1CC1. The molecule has 0 bridgehead atoms. The Morgan fingerprint density at radius 1 is 1.32 bits per heavy atom. The van der Waals surface area contributed by atoms with Crippen molar-refractivity contribution in [2.75, 3.05) is 6.54 Å². The van der Waals surface area contributed by atoms with Gasteiger partial charge in [0.25, 0.3) is 5.91 Å². The van der Waals surface area contributed by atoms with Crippen molar-refractivity contribution >= 4 is 23.1 Å². The van der Waals surface area contributed by atoms with Crippen molar-refractivity contribution in [3.05, 3.63) is 35.4 Å². The predicted molar refractivity (Wildman–Crippen MR) is 81.2 cm³/mol. The number of nitrogens with two attached hydrogens (primary N) is 1. The smallest absolute Gasteiger partial charge is 0.254 e. The van der Waals surface area contributed by atoms with Crippen molar-refractivity contribution < 1.29 is 4.79 Å². The van der Waals surface area contributed by atoms with Crippen LogP contribution in [-0.4, -0.2) is 28.4 Å². The number of hydrogen-bond donors (Lipinski definition) is 1. The lowest BCUT2D eigenvalue weighted by Crippen LogP contribution is -2.36. The van der Waals surface area contributed by atoms with Crippen molar-refractivity contribution in [3.8, 4) is 0 Å². The van der Waals surface area contributed by atoms with Crippen LogP contribution in [0, 0.1) is 5.92 Å². The Hall–Kier alpha value is -1.42. The van der Waals surface area contributed by atoms with Gasteiger partial charge in [-0.25, -0.2) is 0 Å². The number of hydrogen-bond acceptors (Lipinski definition) is 2. The maximum absolute atomic E-state index is 12.5. The molecule has 1 aliphatic rings. The first-order valence-corrected chi connectivity index (χ1v) is 7.10. The standard InChI is InChI=1S/C15H20N2OS/c1-10(2)9-17(13-7-8-13)15(18)12-5-3-11(4-6-12)14(16)19/h3-6,10,13H,7-9H2,1-2H3,(H2,16,19). The van der Waals surface area contributed by atoms with E-state index in [1.807, 2.05) is 29.2 Å². The van der Waals surface area contributed by atoms with Crippen LogP contribution in [0.1, 0.15) is 42.6 Å². The third-order valence-electron chi connectivity index (χ3n) is 3.23. The van der Waals surface area contributed by atoms with Crippen LogP contribution in [0.5, 0.6) is 0 Å². The molecule has 0 radical (unpaired) electrons. The lowest BCUT2D eigenvalue weighted by atomic mass is 10.1. The van der Waals surface area contributed by atoms with Gasteiger partial charge in [0.1, 0.15) is 4.99 Å². The molecule has 0 aliphatic heterocycles. The van der Waals surface area contributed by atoms with Gasteiger partial charge < -0.3 is 10.6 Å². The van der Waals surface area contributed by atoms with E-state index in [2.05, 4.69) is 13.8 Å². The largest absolute Gasteiger partial charge is 0.389 e. The zero-order valence-electron chi connectivity index (χ0n) is 11.4. The molecule has 3 nitrogen and oxygen atoms in total. The molecule has 0 saturated heterocycles. The van der Waals surface area contributed by atoms with Gasteiger partial charge in [0.15, 0.2) is 0 Å². The van der Waals surface area contributed by atoms with Crippen molar-refractivity contribution in [2.45, 2.75) is 32.7 Å². The fraction of sp³-hybridized carbons (Fsp3) is 0.467. The summed E-state index contributed by atoms with van der Waals surface area (Å²) in [6.07, 6.45) is 2.26. The first-order chi connectivity index (χ1) is 8.99. The van der Waals surface area contributed by atoms with Gasteiger partial charge in [0.05, 0.1) is 0 Å². The summed E-state index contributed by atoms with van der Waals surface area (Å²) in [5.74, 6) is 0.603. The number of nitrogens with zero attached hydrogens (tertiary/aromatic N) is 1. The third-order valence-corrected chi connectivity index (χ3v) is 3.46. The molecule has 0 atom stereocenters. The molecule has 1 aromatic rings. The monoisotopic (exact) mass is 276 g/mol. The number of carbonyl (C=O) groups excluding carboxylic acids is 1. The minimum atomic E-state index is 0.116. The Bertz CT molecular complexity index is 477. The van der Waals surface area contributed by atoms with Crippen LogP contribution >= 0.6 is 12.2 Å². The van der Waals surface area contributed by atoms with E-state index in [0.717, 1.165) is 24.9 Å². The molecule has 1 saturated carbocycles. The highest BCUT2D eigenvalue weighted by atomic mass is 32.1. The van der Waals surface area contributed by atoms with Crippen molar-refractivity contribution in [1.29, 1.82) is 0 Å². The average molecular weight is 276 g/mol. The summed E-state index contributed by atoms with van der Waals surface area (Å²) in [6.45, 7) is 5.10. The van der Waals surface area contributed by atoms with Gasteiger partial charge in [-0.3, -0.25) is 4.79 Å². The van der Waals surface area contributed by atoms with Gasteiger partial charge in [-0.1, -0.05) is 38.2 Å². The molecule has 0 unspecified atom stereocenters. The van der Waals surface area contributed by atoms with E-state index in [1.165, 1.54) is 0 Å². The number of benzene rings is 1. The molecule has 102 valence electrons. The van der Waals surface area contributed by atoms with E-state index in [9.17, 15) is 4.79 Å². The minimum Gasteiger partial charge on any atom is -0.389 e. The van der Waals surface area contributed by atoms with Gasteiger partial charge >= 0.3 is 0 Å². The fourth-order valence-electron chi connectivity index (χ4n) is 2.12. The highest BCUT2D eigenvalue weighted by Crippen LogP contribution is 2.29. The highest BCUT2D eigenvalue weighted by molar-refractivity contribution is 7.80. The summed E-state index contributed by atoms with van der Waals surface area (Å²) in [5, 5.41) is 0. The summed E-state index contributed by atoms with van der Waals surface area (Å²) >= 11 is 4.91. The predicted octanol–water partition coefficient (Wildman–Crippen LogP) is 2.58. The summed E-state index contributed by atoms with van der Waals surface area (Å²) < 4.78 is 0. The summed E-state index contributed by atoms with van der Waals surface area (Å²) in [7, 11) is 0. The second-order valence-corrected chi connectivity index (χ2v) is 5.96. The third kappa shape index (κ3) is 3.53. The zero-order valence-corrected chi connectivity index (χ0v) is 12.2. The van der Waals surface area contributed by atoms with Crippen molar-refractivity contribution in [3.63, 3.8) is 0 Å². The fourth-order valence-corrected chi connectivity index (χ4v) is 2.26. The van der Waals surface area contributed by atoms with Crippen LogP contribution in [-0.2, 0) is 0 Å². The molecule has 1 aromatic carbocycles. The van der Waals surface area contributed by atoms with Gasteiger partial charge in [0, 0.05) is 23.7 Å². The normalized spacial score (nSPS) is 14.5. The number of thiocarbonyl (C=S) groups is 1. The van der Waals surface area contributed by atoms with E-state index < -0.39 is 0 Å². The molecule has 1 fully saturated rings. The molecule has 2 rings (SSSR count). The molecule has 1 amide bonds.